The molecular formula is C29H40N4O6. The fraction of sp³-hybridized carbons (Fsp3) is 0.586. The van der Waals surface area contributed by atoms with Gasteiger partial charge < -0.3 is 24.2 Å². The molecule has 2 aromatic rings. The highest BCUT2D eigenvalue weighted by Crippen LogP contribution is 2.47. The number of ether oxygens (including phenoxy) is 3. The van der Waals surface area contributed by atoms with Crippen molar-refractivity contribution in [2.75, 3.05) is 40.1 Å². The number of likely N-dealkylation sites (tertiary alicyclic amines) is 1. The first kappa shape index (κ1) is 28.6. The van der Waals surface area contributed by atoms with Crippen LogP contribution < -0.4 is 14.2 Å². The highest BCUT2D eigenvalue weighted by Gasteiger charge is 2.47. The second-order valence-electron chi connectivity index (χ2n) is 10.2. The van der Waals surface area contributed by atoms with E-state index in [0.29, 0.717) is 42.5 Å². The van der Waals surface area contributed by atoms with Crippen molar-refractivity contribution in [3.05, 3.63) is 42.0 Å². The lowest BCUT2D eigenvalue weighted by molar-refractivity contribution is -0.143. The summed E-state index contributed by atoms with van der Waals surface area (Å²) in [6.45, 7) is 6.37. The molecule has 1 saturated heterocycles. The topological polar surface area (TPSA) is 114 Å². The molecular weight excluding hydrogens is 500 g/mol. The summed E-state index contributed by atoms with van der Waals surface area (Å²) >= 11 is 0. The molecule has 0 radical (unpaired) electrons. The molecule has 10 nitrogen and oxygen atoms in total. The average molecular weight is 541 g/mol. The first-order valence-electron chi connectivity index (χ1n) is 13.9. The molecule has 10 heteroatoms. The van der Waals surface area contributed by atoms with Crippen molar-refractivity contribution in [3.63, 3.8) is 0 Å². The van der Waals surface area contributed by atoms with Crippen molar-refractivity contribution in [3.8, 4) is 17.2 Å². The third kappa shape index (κ3) is 6.79. The maximum absolute atomic E-state index is 13.6. The van der Waals surface area contributed by atoms with E-state index in [1.807, 2.05) is 17.0 Å². The van der Waals surface area contributed by atoms with Gasteiger partial charge in [0.2, 0.25) is 18.4 Å². The smallest absolute Gasteiger partial charge is 0.308 e. The number of aromatic nitrogens is 2. The molecule has 0 saturated carbocycles. The summed E-state index contributed by atoms with van der Waals surface area (Å²) in [5, 5.41) is 10.5. The molecule has 1 N–H and O–H groups in total. The molecule has 0 spiro atoms. The molecule has 0 aliphatic carbocycles. The van der Waals surface area contributed by atoms with E-state index >= 15 is 0 Å². The van der Waals surface area contributed by atoms with E-state index in [4.69, 9.17) is 14.2 Å². The molecule has 3 atom stereocenters. The molecule has 1 aromatic carbocycles. The largest absolute Gasteiger partial charge is 0.493 e. The Kier molecular flexibility index (Phi) is 9.97. The van der Waals surface area contributed by atoms with E-state index in [1.54, 1.807) is 25.6 Å². The van der Waals surface area contributed by atoms with Crippen molar-refractivity contribution in [2.45, 2.75) is 64.3 Å². The van der Waals surface area contributed by atoms with Gasteiger partial charge in [-0.05, 0) is 43.0 Å². The maximum atomic E-state index is 13.6. The highest BCUT2D eigenvalue weighted by molar-refractivity contribution is 5.79. The van der Waals surface area contributed by atoms with Gasteiger partial charge in [-0.2, -0.15) is 0 Å². The Morgan fingerprint density at radius 1 is 1.13 bits per heavy atom. The predicted molar refractivity (Wildman–Crippen MR) is 145 cm³/mol. The van der Waals surface area contributed by atoms with Crippen LogP contribution in [0.4, 0.5) is 0 Å². The SMILES string of the molecule is CCCCN(CCCC)C(=O)CN1C[C@H](c2cc(OC)c3c(c2)OCO3)[C@@H](C(=O)O)[C@@H]1CCc1ncccn1. The molecule has 3 heterocycles. The molecule has 2 aliphatic rings. The number of carbonyl (C=O) groups is 2. The number of carboxylic acid groups (broad SMARTS) is 1. The van der Waals surface area contributed by atoms with E-state index in [2.05, 4.69) is 28.7 Å². The zero-order valence-electron chi connectivity index (χ0n) is 23.2. The number of aryl methyl sites for hydroxylation is 1. The van der Waals surface area contributed by atoms with E-state index < -0.39 is 11.9 Å². The van der Waals surface area contributed by atoms with Crippen LogP contribution >= 0.6 is 0 Å². The standard InChI is InChI=1S/C29H40N4O6/c1-4-6-13-32(14-7-5-2)26(34)18-33-17-21(20-15-23(37-3)28-24(16-20)38-19-39-28)27(29(35)36)22(33)9-10-25-30-11-8-12-31-25/h8,11-12,15-16,21-22,27H,4-7,9-10,13-14,17-19H2,1-3H3,(H,35,36)/t21-,22+,27-/m1/s1. The van der Waals surface area contributed by atoms with Crippen LogP contribution in [0.1, 0.15) is 63.3 Å². The van der Waals surface area contributed by atoms with Crippen LogP contribution in [0.5, 0.6) is 17.2 Å². The highest BCUT2D eigenvalue weighted by atomic mass is 16.7. The Bertz CT molecular complexity index is 1110. The normalized spacial score (nSPS) is 20.2. The van der Waals surface area contributed by atoms with Crippen molar-refractivity contribution in [1.29, 1.82) is 0 Å². The quantitative estimate of drug-likeness (QED) is 0.383. The Morgan fingerprint density at radius 3 is 2.49 bits per heavy atom. The number of hydrogen-bond acceptors (Lipinski definition) is 8. The van der Waals surface area contributed by atoms with Crippen molar-refractivity contribution in [2.24, 2.45) is 5.92 Å². The van der Waals surface area contributed by atoms with Gasteiger partial charge >= 0.3 is 5.97 Å². The number of benzene rings is 1. The Hall–Kier alpha value is -3.40. The minimum absolute atomic E-state index is 0.0471. The van der Waals surface area contributed by atoms with Crippen LogP contribution in [0.25, 0.3) is 0 Å². The first-order valence-corrected chi connectivity index (χ1v) is 13.9. The third-order valence-electron chi connectivity index (χ3n) is 7.68. The zero-order chi connectivity index (χ0) is 27.8. The number of rotatable bonds is 14. The van der Waals surface area contributed by atoms with Gasteiger partial charge in [0.1, 0.15) is 5.82 Å². The van der Waals surface area contributed by atoms with Crippen LogP contribution in [0, 0.1) is 5.92 Å². The molecule has 0 unspecified atom stereocenters. The molecule has 0 bridgehead atoms. The molecule has 4 rings (SSSR count). The number of unbranched alkanes of at least 4 members (excludes halogenated alkanes) is 2. The van der Waals surface area contributed by atoms with Crippen LogP contribution in [0.2, 0.25) is 0 Å². The fourth-order valence-electron chi connectivity index (χ4n) is 5.62. The monoisotopic (exact) mass is 540 g/mol. The van der Waals surface area contributed by atoms with Gasteiger partial charge in [-0.3, -0.25) is 14.5 Å². The number of amides is 1. The van der Waals surface area contributed by atoms with Gasteiger partial charge in [0.05, 0.1) is 19.6 Å². The van der Waals surface area contributed by atoms with Crippen molar-refractivity contribution < 1.29 is 28.9 Å². The number of fused-ring (bicyclic) bond motifs is 1. The summed E-state index contributed by atoms with van der Waals surface area (Å²) in [6, 6.07) is 5.08. The zero-order valence-corrected chi connectivity index (χ0v) is 23.2. The van der Waals surface area contributed by atoms with Crippen LogP contribution in [-0.4, -0.2) is 82.9 Å². The number of methoxy groups -OCH3 is 1. The molecule has 1 fully saturated rings. The van der Waals surface area contributed by atoms with E-state index in [9.17, 15) is 14.7 Å². The molecule has 212 valence electrons. The molecule has 39 heavy (non-hydrogen) atoms. The lowest BCUT2D eigenvalue weighted by Gasteiger charge is -2.29. The lowest BCUT2D eigenvalue weighted by atomic mass is 9.83. The average Bonchev–Trinajstić information content (AvgIpc) is 3.56. The number of nitrogens with zero attached hydrogens (tertiary/aromatic N) is 4. The third-order valence-corrected chi connectivity index (χ3v) is 7.68. The van der Waals surface area contributed by atoms with Gasteiger partial charge in [0.25, 0.3) is 0 Å². The van der Waals surface area contributed by atoms with Crippen molar-refractivity contribution >= 4 is 11.9 Å². The van der Waals surface area contributed by atoms with Gasteiger partial charge in [-0.15, -0.1) is 0 Å². The summed E-state index contributed by atoms with van der Waals surface area (Å²) in [6.07, 6.45) is 8.33. The molecule has 1 aromatic heterocycles. The predicted octanol–water partition coefficient (Wildman–Crippen LogP) is 3.74. The summed E-state index contributed by atoms with van der Waals surface area (Å²) in [5.41, 5.74) is 0.799. The van der Waals surface area contributed by atoms with E-state index in [-0.39, 0.29) is 31.2 Å². The van der Waals surface area contributed by atoms with Gasteiger partial charge in [0, 0.05) is 50.4 Å². The van der Waals surface area contributed by atoms with E-state index in [0.717, 1.165) is 44.3 Å². The lowest BCUT2D eigenvalue weighted by Crippen LogP contribution is -2.44. The number of hydrogen-bond donors (Lipinski definition) is 1. The van der Waals surface area contributed by atoms with Crippen LogP contribution in [-0.2, 0) is 16.0 Å². The van der Waals surface area contributed by atoms with Crippen LogP contribution in [0.3, 0.4) is 0 Å². The Labute approximate surface area is 230 Å². The minimum Gasteiger partial charge on any atom is -0.493 e. The number of aliphatic carboxylic acids is 1. The summed E-state index contributed by atoms with van der Waals surface area (Å²) < 4.78 is 16.7. The van der Waals surface area contributed by atoms with Gasteiger partial charge in [-0.1, -0.05) is 26.7 Å². The molecule has 2 aliphatic heterocycles. The summed E-state index contributed by atoms with van der Waals surface area (Å²) in [4.78, 5) is 39.0. The number of carbonyl (C=O) groups excluding carboxylic acids is 1. The fourth-order valence-corrected chi connectivity index (χ4v) is 5.62. The van der Waals surface area contributed by atoms with Crippen LogP contribution in [0.15, 0.2) is 30.6 Å². The summed E-state index contributed by atoms with van der Waals surface area (Å²) in [7, 11) is 1.55. The van der Waals surface area contributed by atoms with E-state index in [1.165, 1.54) is 0 Å². The molecule has 1 amide bonds. The second-order valence-corrected chi connectivity index (χ2v) is 10.2. The van der Waals surface area contributed by atoms with Gasteiger partial charge in [0.15, 0.2) is 11.5 Å². The summed E-state index contributed by atoms with van der Waals surface area (Å²) in [5.74, 6) is 0.310. The van der Waals surface area contributed by atoms with Crippen molar-refractivity contribution in [1.82, 2.24) is 19.8 Å². The maximum Gasteiger partial charge on any atom is 0.308 e. The van der Waals surface area contributed by atoms with Gasteiger partial charge in [-0.25, -0.2) is 9.97 Å². The first-order chi connectivity index (χ1) is 19.0. The number of carboxylic acids is 1. The Balaban J connectivity index is 1.63. The second kappa shape index (κ2) is 13.6. The Morgan fingerprint density at radius 2 is 1.85 bits per heavy atom. The minimum atomic E-state index is -0.889.